The van der Waals surface area contributed by atoms with Crippen molar-refractivity contribution in [1.29, 1.82) is 0 Å². The number of hydrogen-bond acceptors (Lipinski definition) is 4. The molecule has 1 unspecified atom stereocenters. The van der Waals surface area contributed by atoms with Crippen LogP contribution < -0.4 is 5.32 Å². The Morgan fingerprint density at radius 3 is 2.35 bits per heavy atom. The van der Waals surface area contributed by atoms with E-state index in [0.29, 0.717) is 6.42 Å². The Morgan fingerprint density at radius 2 is 1.85 bits per heavy atom. The number of nitrogens with one attached hydrogen (secondary N) is 1. The SMILES string of the molecule is CC1(NC(=O)c2ccccc2C(=O)O)CCS(=O)(=O)C1. The number of aromatic carboxylic acids is 1. The first-order valence-electron chi connectivity index (χ1n) is 6.08. The fraction of sp³-hybridized carbons (Fsp3) is 0.385. The molecule has 1 aliphatic rings. The Labute approximate surface area is 116 Å². The van der Waals surface area contributed by atoms with E-state index in [2.05, 4.69) is 5.32 Å². The molecule has 6 nitrogen and oxygen atoms in total. The standard InChI is InChI=1S/C13H15NO5S/c1-13(6-7-20(18,19)8-13)14-11(15)9-4-2-3-5-10(9)12(16)17/h2-5H,6-8H2,1H3,(H,14,15)(H,16,17). The van der Waals surface area contributed by atoms with Crippen molar-refractivity contribution in [3.05, 3.63) is 35.4 Å². The van der Waals surface area contributed by atoms with E-state index in [0.717, 1.165) is 0 Å². The van der Waals surface area contributed by atoms with Crippen LogP contribution in [0.3, 0.4) is 0 Å². The van der Waals surface area contributed by atoms with Gasteiger partial charge in [-0.05, 0) is 25.5 Å². The number of carbonyl (C=O) groups is 2. The van der Waals surface area contributed by atoms with Crippen molar-refractivity contribution in [2.75, 3.05) is 11.5 Å². The highest BCUT2D eigenvalue weighted by molar-refractivity contribution is 7.91. The predicted octanol–water partition coefficient (Wildman–Crippen LogP) is 0.692. The molecule has 1 aromatic rings. The van der Waals surface area contributed by atoms with E-state index in [-0.39, 0.29) is 22.6 Å². The Kier molecular flexibility index (Phi) is 3.56. The number of carboxylic acids is 1. The van der Waals surface area contributed by atoms with Crippen molar-refractivity contribution in [3.63, 3.8) is 0 Å². The second-order valence-electron chi connectivity index (χ2n) is 5.21. The van der Waals surface area contributed by atoms with Gasteiger partial charge < -0.3 is 10.4 Å². The highest BCUT2D eigenvalue weighted by atomic mass is 32.2. The summed E-state index contributed by atoms with van der Waals surface area (Å²) in [5.41, 5.74) is -0.915. The van der Waals surface area contributed by atoms with Crippen LogP contribution in [0.4, 0.5) is 0 Å². The number of sulfone groups is 1. The fourth-order valence-electron chi connectivity index (χ4n) is 2.32. The maximum Gasteiger partial charge on any atom is 0.336 e. The van der Waals surface area contributed by atoms with Gasteiger partial charge in [-0.1, -0.05) is 12.1 Å². The summed E-state index contributed by atoms with van der Waals surface area (Å²) >= 11 is 0. The van der Waals surface area contributed by atoms with Gasteiger partial charge in [-0.3, -0.25) is 4.79 Å². The Hall–Kier alpha value is -1.89. The zero-order valence-corrected chi connectivity index (χ0v) is 11.7. The molecule has 108 valence electrons. The third-order valence-corrected chi connectivity index (χ3v) is 5.22. The first kappa shape index (κ1) is 14.5. The monoisotopic (exact) mass is 297 g/mol. The summed E-state index contributed by atoms with van der Waals surface area (Å²) in [7, 11) is -3.14. The summed E-state index contributed by atoms with van der Waals surface area (Å²) in [4.78, 5) is 23.2. The van der Waals surface area contributed by atoms with Crippen LogP contribution in [0.15, 0.2) is 24.3 Å². The van der Waals surface area contributed by atoms with Crippen LogP contribution in [-0.4, -0.2) is 42.4 Å². The lowest BCUT2D eigenvalue weighted by molar-refractivity contribution is 0.0689. The first-order valence-corrected chi connectivity index (χ1v) is 7.90. The smallest absolute Gasteiger partial charge is 0.336 e. The van der Waals surface area contributed by atoms with Gasteiger partial charge in [0.1, 0.15) is 0 Å². The van der Waals surface area contributed by atoms with Crippen LogP contribution in [0.1, 0.15) is 34.1 Å². The van der Waals surface area contributed by atoms with Gasteiger partial charge in [0.2, 0.25) is 0 Å². The van der Waals surface area contributed by atoms with Crippen LogP contribution in [0.5, 0.6) is 0 Å². The van der Waals surface area contributed by atoms with Crippen molar-refractivity contribution in [2.45, 2.75) is 18.9 Å². The molecule has 2 N–H and O–H groups in total. The lowest BCUT2D eigenvalue weighted by Crippen LogP contribution is -2.47. The molecule has 1 amide bonds. The van der Waals surface area contributed by atoms with E-state index in [1.807, 2.05) is 0 Å². The Bertz CT molecular complexity index is 667. The van der Waals surface area contributed by atoms with Crippen LogP contribution in [-0.2, 0) is 9.84 Å². The molecule has 0 bridgehead atoms. The summed E-state index contributed by atoms with van der Waals surface area (Å²) in [6.07, 6.45) is 0.330. The molecule has 0 spiro atoms. The molecule has 1 aromatic carbocycles. The minimum atomic E-state index is -3.14. The average Bonchev–Trinajstić information content (AvgIpc) is 2.63. The zero-order chi connectivity index (χ0) is 15.0. The summed E-state index contributed by atoms with van der Waals surface area (Å²) in [5.74, 6) is -1.85. The van der Waals surface area contributed by atoms with Gasteiger partial charge >= 0.3 is 5.97 Å². The fourth-order valence-corrected chi connectivity index (χ4v) is 4.41. The molecule has 1 heterocycles. The van der Waals surface area contributed by atoms with E-state index < -0.39 is 27.3 Å². The quantitative estimate of drug-likeness (QED) is 0.855. The second kappa shape index (κ2) is 4.90. The van der Waals surface area contributed by atoms with Gasteiger partial charge in [-0.25, -0.2) is 13.2 Å². The predicted molar refractivity (Wildman–Crippen MR) is 72.5 cm³/mol. The lowest BCUT2D eigenvalue weighted by atomic mass is 10.00. The molecular weight excluding hydrogens is 282 g/mol. The largest absolute Gasteiger partial charge is 0.478 e. The van der Waals surface area contributed by atoms with Gasteiger partial charge in [0, 0.05) is 0 Å². The normalized spacial score (nSPS) is 24.2. The first-order chi connectivity index (χ1) is 9.22. The highest BCUT2D eigenvalue weighted by Crippen LogP contribution is 2.23. The lowest BCUT2D eigenvalue weighted by Gasteiger charge is -2.24. The van der Waals surface area contributed by atoms with Gasteiger partial charge in [-0.2, -0.15) is 0 Å². The molecule has 2 rings (SSSR count). The van der Waals surface area contributed by atoms with E-state index in [1.54, 1.807) is 13.0 Å². The van der Waals surface area contributed by atoms with Crippen LogP contribution in [0, 0.1) is 0 Å². The van der Waals surface area contributed by atoms with Crippen molar-refractivity contribution < 1.29 is 23.1 Å². The van der Waals surface area contributed by atoms with Gasteiger partial charge in [0.05, 0.1) is 28.2 Å². The molecule has 0 saturated carbocycles. The van der Waals surface area contributed by atoms with Crippen molar-refractivity contribution >= 4 is 21.7 Å². The van der Waals surface area contributed by atoms with Crippen molar-refractivity contribution in [1.82, 2.24) is 5.32 Å². The third-order valence-electron chi connectivity index (χ3n) is 3.32. The average molecular weight is 297 g/mol. The number of carbonyl (C=O) groups excluding carboxylic acids is 1. The Morgan fingerprint density at radius 1 is 1.25 bits per heavy atom. The number of benzene rings is 1. The minimum Gasteiger partial charge on any atom is -0.478 e. The minimum absolute atomic E-state index is 0.0321. The summed E-state index contributed by atoms with van der Waals surface area (Å²) in [6, 6.07) is 5.84. The maximum atomic E-state index is 12.2. The zero-order valence-electron chi connectivity index (χ0n) is 10.9. The van der Waals surface area contributed by atoms with E-state index in [1.165, 1.54) is 18.2 Å². The highest BCUT2D eigenvalue weighted by Gasteiger charge is 2.39. The molecule has 1 aliphatic heterocycles. The molecule has 0 aromatic heterocycles. The van der Waals surface area contributed by atoms with E-state index >= 15 is 0 Å². The second-order valence-corrected chi connectivity index (χ2v) is 7.39. The molecular formula is C13H15NO5S. The number of rotatable bonds is 3. The van der Waals surface area contributed by atoms with Gasteiger partial charge in [0.15, 0.2) is 9.84 Å². The summed E-state index contributed by atoms with van der Waals surface area (Å²) < 4.78 is 23.0. The molecule has 20 heavy (non-hydrogen) atoms. The topological polar surface area (TPSA) is 101 Å². The van der Waals surface area contributed by atoms with Crippen molar-refractivity contribution in [2.24, 2.45) is 0 Å². The Balaban J connectivity index is 2.24. The molecule has 0 aliphatic carbocycles. The molecule has 1 atom stereocenters. The van der Waals surface area contributed by atoms with Crippen LogP contribution in [0.25, 0.3) is 0 Å². The van der Waals surface area contributed by atoms with E-state index in [9.17, 15) is 18.0 Å². The molecule has 1 saturated heterocycles. The molecule has 0 radical (unpaired) electrons. The molecule has 1 fully saturated rings. The van der Waals surface area contributed by atoms with E-state index in [4.69, 9.17) is 5.11 Å². The third kappa shape index (κ3) is 2.98. The number of carboxylic acid groups (broad SMARTS) is 1. The maximum absolute atomic E-state index is 12.2. The summed E-state index contributed by atoms with van der Waals surface area (Å²) in [5, 5.41) is 11.7. The van der Waals surface area contributed by atoms with Crippen LogP contribution in [0.2, 0.25) is 0 Å². The number of amides is 1. The van der Waals surface area contributed by atoms with Crippen molar-refractivity contribution in [3.8, 4) is 0 Å². The van der Waals surface area contributed by atoms with Gasteiger partial charge in [0.25, 0.3) is 5.91 Å². The summed E-state index contributed by atoms with van der Waals surface area (Å²) in [6.45, 7) is 1.65. The van der Waals surface area contributed by atoms with Crippen LogP contribution >= 0.6 is 0 Å². The number of hydrogen-bond donors (Lipinski definition) is 2. The van der Waals surface area contributed by atoms with Gasteiger partial charge in [-0.15, -0.1) is 0 Å². The molecule has 7 heteroatoms.